The van der Waals surface area contributed by atoms with Crippen molar-refractivity contribution in [2.45, 2.75) is 26.3 Å². The summed E-state index contributed by atoms with van der Waals surface area (Å²) in [6.07, 6.45) is 1.03. The zero-order chi connectivity index (χ0) is 11.3. The molecular formula is C13H22ClNO. The lowest BCUT2D eigenvalue weighted by molar-refractivity contribution is 0.301. The monoisotopic (exact) mass is 243 g/mol. The van der Waals surface area contributed by atoms with E-state index in [0.29, 0.717) is 6.04 Å². The lowest BCUT2D eigenvalue weighted by Crippen LogP contribution is -2.26. The number of hydrogen-bond donors (Lipinski definition) is 0. The Hall–Kier alpha value is -0.730. The molecule has 0 aliphatic carbocycles. The molecule has 3 heteroatoms. The van der Waals surface area contributed by atoms with Crippen molar-refractivity contribution in [1.29, 1.82) is 0 Å². The summed E-state index contributed by atoms with van der Waals surface area (Å²) in [5.41, 5.74) is 1.29. The van der Waals surface area contributed by atoms with Crippen LogP contribution in [0.15, 0.2) is 24.3 Å². The van der Waals surface area contributed by atoms with Gasteiger partial charge in [-0.25, -0.2) is 0 Å². The number of halogens is 1. The van der Waals surface area contributed by atoms with Gasteiger partial charge in [0.25, 0.3) is 0 Å². The quantitative estimate of drug-likeness (QED) is 0.789. The predicted molar refractivity (Wildman–Crippen MR) is 71.7 cm³/mol. The number of benzene rings is 1. The molecule has 0 spiro atoms. The molecule has 0 bridgehead atoms. The first-order chi connectivity index (χ1) is 7.15. The van der Waals surface area contributed by atoms with Crippen molar-refractivity contribution >= 4 is 12.4 Å². The maximum absolute atomic E-state index is 5.60. The van der Waals surface area contributed by atoms with Gasteiger partial charge < -0.3 is 9.64 Å². The summed E-state index contributed by atoms with van der Waals surface area (Å²) in [5, 5.41) is 0. The van der Waals surface area contributed by atoms with Gasteiger partial charge in [0, 0.05) is 6.04 Å². The second kappa shape index (κ2) is 7.53. The maximum atomic E-state index is 5.60. The van der Waals surface area contributed by atoms with E-state index in [1.807, 2.05) is 19.1 Å². The molecule has 0 saturated heterocycles. The number of ether oxygens (including phenoxy) is 1. The van der Waals surface area contributed by atoms with Gasteiger partial charge in [0.1, 0.15) is 5.75 Å². The van der Waals surface area contributed by atoms with Crippen LogP contribution < -0.4 is 4.74 Å². The second-order valence-electron chi connectivity index (χ2n) is 4.06. The Labute approximate surface area is 105 Å². The molecule has 1 aromatic carbocycles. The number of para-hydroxylation sites is 1. The highest BCUT2D eigenvalue weighted by Crippen LogP contribution is 2.20. The minimum atomic E-state index is 0. The van der Waals surface area contributed by atoms with Crippen LogP contribution >= 0.6 is 12.4 Å². The lowest BCUT2D eigenvalue weighted by Gasteiger charge is -2.21. The summed E-state index contributed by atoms with van der Waals surface area (Å²) in [6.45, 7) is 4.97. The van der Waals surface area contributed by atoms with Gasteiger partial charge in [0.15, 0.2) is 0 Å². The van der Waals surface area contributed by atoms with Crippen LogP contribution in [0, 0.1) is 0 Å². The van der Waals surface area contributed by atoms with Gasteiger partial charge in [0.05, 0.1) is 6.61 Å². The van der Waals surface area contributed by atoms with Crippen molar-refractivity contribution < 1.29 is 4.74 Å². The van der Waals surface area contributed by atoms with E-state index in [4.69, 9.17) is 4.74 Å². The fraction of sp³-hybridized carbons (Fsp3) is 0.538. The molecule has 0 saturated carbocycles. The first kappa shape index (κ1) is 15.3. The molecule has 1 rings (SSSR count). The van der Waals surface area contributed by atoms with Crippen LogP contribution in [0.25, 0.3) is 0 Å². The molecule has 0 N–H and O–H groups in total. The Morgan fingerprint density at radius 2 is 1.88 bits per heavy atom. The average molecular weight is 244 g/mol. The van der Waals surface area contributed by atoms with E-state index in [9.17, 15) is 0 Å². The first-order valence-corrected chi connectivity index (χ1v) is 5.52. The summed E-state index contributed by atoms with van der Waals surface area (Å²) >= 11 is 0. The molecule has 2 nitrogen and oxygen atoms in total. The normalized spacial score (nSPS) is 12.1. The Kier molecular flexibility index (Phi) is 7.18. The highest BCUT2D eigenvalue weighted by molar-refractivity contribution is 5.85. The molecule has 0 amide bonds. The molecule has 1 unspecified atom stereocenters. The van der Waals surface area contributed by atoms with E-state index in [-0.39, 0.29) is 12.4 Å². The molecule has 0 aliphatic rings. The average Bonchev–Trinajstić information content (AvgIpc) is 2.21. The van der Waals surface area contributed by atoms with Gasteiger partial charge in [-0.1, -0.05) is 18.2 Å². The Bertz CT molecular complexity index is 302. The molecule has 0 fully saturated rings. The third kappa shape index (κ3) is 4.42. The van der Waals surface area contributed by atoms with Crippen molar-refractivity contribution in [3.8, 4) is 5.75 Å². The summed E-state index contributed by atoms with van der Waals surface area (Å²) in [7, 11) is 4.21. The minimum Gasteiger partial charge on any atom is -0.494 e. The third-order valence-corrected chi connectivity index (χ3v) is 2.67. The Morgan fingerprint density at radius 1 is 1.25 bits per heavy atom. The van der Waals surface area contributed by atoms with Crippen LogP contribution in [0.5, 0.6) is 5.75 Å². The fourth-order valence-corrected chi connectivity index (χ4v) is 1.47. The van der Waals surface area contributed by atoms with Crippen LogP contribution in [0.3, 0.4) is 0 Å². The maximum Gasteiger partial charge on any atom is 0.122 e. The third-order valence-electron chi connectivity index (χ3n) is 2.67. The standard InChI is InChI=1S/C13H21NO.ClH/c1-5-15-13-9-7-6-8-12(13)10-11(2)14(3)4;/h6-9,11H,5,10H2,1-4H3;1H. The van der Waals surface area contributed by atoms with Crippen molar-refractivity contribution in [3.63, 3.8) is 0 Å². The molecule has 16 heavy (non-hydrogen) atoms. The van der Waals surface area contributed by atoms with E-state index in [2.05, 4.69) is 38.1 Å². The zero-order valence-corrected chi connectivity index (χ0v) is 11.4. The summed E-state index contributed by atoms with van der Waals surface area (Å²) < 4.78 is 5.60. The Balaban J connectivity index is 0.00000225. The number of hydrogen-bond acceptors (Lipinski definition) is 2. The zero-order valence-electron chi connectivity index (χ0n) is 10.6. The molecule has 1 atom stereocenters. The highest BCUT2D eigenvalue weighted by Gasteiger charge is 2.09. The molecule has 0 radical (unpaired) electrons. The van der Waals surface area contributed by atoms with Gasteiger partial charge in [-0.3, -0.25) is 0 Å². The van der Waals surface area contributed by atoms with Gasteiger partial charge in [-0.2, -0.15) is 0 Å². The summed E-state index contributed by atoms with van der Waals surface area (Å²) in [5.74, 6) is 1.02. The van der Waals surface area contributed by atoms with Gasteiger partial charge >= 0.3 is 0 Å². The van der Waals surface area contributed by atoms with Crippen molar-refractivity contribution in [3.05, 3.63) is 29.8 Å². The van der Waals surface area contributed by atoms with Gasteiger partial charge in [0.2, 0.25) is 0 Å². The smallest absolute Gasteiger partial charge is 0.122 e. The summed E-state index contributed by atoms with van der Waals surface area (Å²) in [6, 6.07) is 8.81. The first-order valence-electron chi connectivity index (χ1n) is 5.52. The lowest BCUT2D eigenvalue weighted by atomic mass is 10.1. The molecule has 1 aromatic rings. The number of likely N-dealkylation sites (N-methyl/N-ethyl adjacent to an activating group) is 1. The van der Waals surface area contributed by atoms with E-state index in [1.54, 1.807) is 0 Å². The SMILES string of the molecule is CCOc1ccccc1CC(C)N(C)C.Cl. The van der Waals surface area contributed by atoms with E-state index >= 15 is 0 Å². The van der Waals surface area contributed by atoms with Gasteiger partial charge in [-0.05, 0) is 46.0 Å². The van der Waals surface area contributed by atoms with Gasteiger partial charge in [-0.15, -0.1) is 12.4 Å². The molecule has 0 heterocycles. The van der Waals surface area contributed by atoms with Crippen LogP contribution in [-0.4, -0.2) is 31.6 Å². The van der Waals surface area contributed by atoms with E-state index < -0.39 is 0 Å². The second-order valence-corrected chi connectivity index (χ2v) is 4.06. The molecule has 92 valence electrons. The molecule has 0 aromatic heterocycles. The largest absolute Gasteiger partial charge is 0.494 e. The summed E-state index contributed by atoms with van der Waals surface area (Å²) in [4.78, 5) is 2.22. The van der Waals surface area contributed by atoms with Crippen molar-refractivity contribution in [2.75, 3.05) is 20.7 Å². The molecular weight excluding hydrogens is 222 g/mol. The van der Waals surface area contributed by atoms with Crippen molar-refractivity contribution in [1.82, 2.24) is 4.90 Å². The van der Waals surface area contributed by atoms with E-state index in [1.165, 1.54) is 5.56 Å². The minimum absolute atomic E-state index is 0. The van der Waals surface area contributed by atoms with E-state index in [0.717, 1.165) is 18.8 Å². The Morgan fingerprint density at radius 3 is 2.44 bits per heavy atom. The molecule has 0 aliphatic heterocycles. The van der Waals surface area contributed by atoms with Crippen LogP contribution in [0.2, 0.25) is 0 Å². The predicted octanol–water partition coefficient (Wildman–Crippen LogP) is 3.00. The number of nitrogens with zero attached hydrogens (tertiary/aromatic N) is 1. The topological polar surface area (TPSA) is 12.5 Å². The van der Waals surface area contributed by atoms with Crippen LogP contribution in [0.1, 0.15) is 19.4 Å². The number of rotatable bonds is 5. The van der Waals surface area contributed by atoms with Crippen molar-refractivity contribution in [2.24, 2.45) is 0 Å². The fourth-order valence-electron chi connectivity index (χ4n) is 1.47. The van der Waals surface area contributed by atoms with Crippen LogP contribution in [-0.2, 0) is 6.42 Å². The van der Waals surface area contributed by atoms with Crippen LogP contribution in [0.4, 0.5) is 0 Å². The highest BCUT2D eigenvalue weighted by atomic mass is 35.5.